The van der Waals surface area contributed by atoms with Gasteiger partial charge in [0.1, 0.15) is 5.82 Å². The fraction of sp³-hybridized carbons (Fsp3) is 0.385. The molecule has 0 atom stereocenters. The summed E-state index contributed by atoms with van der Waals surface area (Å²) >= 11 is 0. The Bertz CT molecular complexity index is 707. The maximum atomic E-state index is 13.4. The summed E-state index contributed by atoms with van der Waals surface area (Å²) in [4.78, 5) is 10.6. The molecule has 1 aliphatic carbocycles. The van der Waals surface area contributed by atoms with E-state index < -0.39 is 27.4 Å². The number of aromatic carboxylic acids is 1. The highest BCUT2D eigenvalue weighted by Gasteiger charge is 2.38. The van der Waals surface area contributed by atoms with Crippen molar-refractivity contribution in [3.63, 3.8) is 0 Å². The van der Waals surface area contributed by atoms with Crippen molar-refractivity contribution < 1.29 is 22.7 Å². The third kappa shape index (κ3) is 3.20. The van der Waals surface area contributed by atoms with Crippen LogP contribution in [0.5, 0.6) is 0 Å². The van der Waals surface area contributed by atoms with Gasteiger partial charge in [-0.15, -0.1) is 0 Å². The van der Waals surface area contributed by atoms with Gasteiger partial charge in [-0.2, -0.15) is 9.57 Å². The Hall–Kier alpha value is -1.98. The first kappa shape index (κ1) is 15.4. The Morgan fingerprint density at radius 1 is 1.48 bits per heavy atom. The number of hydrogen-bond donors (Lipinski definition) is 1. The third-order valence-corrected chi connectivity index (χ3v) is 5.12. The molecule has 0 aromatic heterocycles. The second-order valence-electron chi connectivity index (χ2n) is 4.70. The summed E-state index contributed by atoms with van der Waals surface area (Å²) in [5.41, 5.74) is -0.688. The van der Waals surface area contributed by atoms with Crippen molar-refractivity contribution in [3.8, 4) is 6.07 Å². The number of nitriles is 1. The summed E-state index contributed by atoms with van der Waals surface area (Å²) in [5, 5.41) is 17.5. The highest BCUT2D eigenvalue weighted by molar-refractivity contribution is 7.89. The first-order valence-corrected chi connectivity index (χ1v) is 7.73. The molecule has 21 heavy (non-hydrogen) atoms. The van der Waals surface area contributed by atoms with Crippen LogP contribution >= 0.6 is 0 Å². The van der Waals surface area contributed by atoms with E-state index in [2.05, 4.69) is 0 Å². The molecule has 2 rings (SSSR count). The first-order valence-electron chi connectivity index (χ1n) is 6.29. The van der Waals surface area contributed by atoms with Crippen LogP contribution in [0.4, 0.5) is 4.39 Å². The van der Waals surface area contributed by atoms with Crippen LogP contribution in [-0.2, 0) is 10.0 Å². The Kier molecular flexibility index (Phi) is 4.25. The Morgan fingerprint density at radius 3 is 2.67 bits per heavy atom. The largest absolute Gasteiger partial charge is 0.478 e. The highest BCUT2D eigenvalue weighted by atomic mass is 32.2. The SMILES string of the molecule is N#CCCN(C1CC1)S(=O)(=O)c1ccc(F)c(C(=O)O)c1. The second-order valence-corrected chi connectivity index (χ2v) is 6.59. The molecule has 0 aliphatic heterocycles. The molecule has 1 aromatic rings. The van der Waals surface area contributed by atoms with Gasteiger partial charge in [-0.3, -0.25) is 0 Å². The number of nitrogens with zero attached hydrogens (tertiary/aromatic N) is 2. The molecule has 0 amide bonds. The first-order chi connectivity index (χ1) is 9.87. The number of benzene rings is 1. The fourth-order valence-electron chi connectivity index (χ4n) is 1.99. The lowest BCUT2D eigenvalue weighted by Gasteiger charge is -2.20. The van der Waals surface area contributed by atoms with Crippen LogP contribution in [0, 0.1) is 17.1 Å². The van der Waals surface area contributed by atoms with Crippen LogP contribution in [-0.4, -0.2) is 36.4 Å². The number of carbonyl (C=O) groups is 1. The Labute approximate surface area is 121 Å². The monoisotopic (exact) mass is 312 g/mol. The predicted molar refractivity (Wildman–Crippen MR) is 70.5 cm³/mol. The van der Waals surface area contributed by atoms with Gasteiger partial charge in [0.2, 0.25) is 10.0 Å². The van der Waals surface area contributed by atoms with Crippen molar-refractivity contribution in [3.05, 3.63) is 29.6 Å². The van der Waals surface area contributed by atoms with E-state index in [0.29, 0.717) is 12.8 Å². The zero-order valence-corrected chi connectivity index (χ0v) is 11.8. The van der Waals surface area contributed by atoms with Gasteiger partial charge in [-0.1, -0.05) is 0 Å². The van der Waals surface area contributed by atoms with Crippen LogP contribution in [0.2, 0.25) is 0 Å². The van der Waals surface area contributed by atoms with Crippen LogP contribution < -0.4 is 0 Å². The van der Waals surface area contributed by atoms with E-state index >= 15 is 0 Å². The molecule has 0 heterocycles. The van der Waals surface area contributed by atoms with Gasteiger partial charge < -0.3 is 5.11 Å². The van der Waals surface area contributed by atoms with Crippen LogP contribution in [0.3, 0.4) is 0 Å². The Balaban J connectivity index is 2.40. The Morgan fingerprint density at radius 2 is 2.14 bits per heavy atom. The molecule has 0 bridgehead atoms. The van der Waals surface area contributed by atoms with Crippen molar-refractivity contribution in [1.29, 1.82) is 5.26 Å². The van der Waals surface area contributed by atoms with Crippen LogP contribution in [0.15, 0.2) is 23.1 Å². The van der Waals surface area contributed by atoms with Gasteiger partial charge in [-0.05, 0) is 31.0 Å². The van der Waals surface area contributed by atoms with E-state index in [1.807, 2.05) is 6.07 Å². The molecule has 1 fully saturated rings. The minimum atomic E-state index is -3.93. The zero-order chi connectivity index (χ0) is 15.6. The molecule has 0 spiro atoms. The molecule has 0 saturated heterocycles. The number of carboxylic acids is 1. The lowest BCUT2D eigenvalue weighted by Crippen LogP contribution is -2.34. The smallest absolute Gasteiger partial charge is 0.338 e. The van der Waals surface area contributed by atoms with Gasteiger partial charge >= 0.3 is 5.97 Å². The molecule has 8 heteroatoms. The lowest BCUT2D eigenvalue weighted by atomic mass is 10.2. The molecule has 6 nitrogen and oxygen atoms in total. The normalized spacial score (nSPS) is 14.9. The van der Waals surface area contributed by atoms with E-state index in [9.17, 15) is 17.6 Å². The number of rotatable bonds is 6. The number of halogens is 1. The number of carboxylic acid groups (broad SMARTS) is 1. The minimum absolute atomic E-state index is 0.0444. The second kappa shape index (κ2) is 5.79. The quantitative estimate of drug-likeness (QED) is 0.860. The van der Waals surface area contributed by atoms with Crippen LogP contribution in [0.1, 0.15) is 29.6 Å². The number of hydrogen-bond acceptors (Lipinski definition) is 4. The number of sulfonamides is 1. The molecule has 1 aromatic carbocycles. The molecule has 1 saturated carbocycles. The summed E-state index contributed by atoms with van der Waals surface area (Å²) < 4.78 is 39.6. The summed E-state index contributed by atoms with van der Waals surface area (Å²) in [5.74, 6) is -2.52. The summed E-state index contributed by atoms with van der Waals surface area (Å²) in [7, 11) is -3.93. The third-order valence-electron chi connectivity index (χ3n) is 3.17. The van der Waals surface area contributed by atoms with E-state index in [0.717, 1.165) is 18.2 Å². The molecular weight excluding hydrogens is 299 g/mol. The van der Waals surface area contributed by atoms with Gasteiger partial charge in [0.15, 0.2) is 0 Å². The average Bonchev–Trinajstić information content (AvgIpc) is 3.23. The maximum Gasteiger partial charge on any atom is 0.338 e. The molecule has 0 unspecified atom stereocenters. The van der Waals surface area contributed by atoms with Gasteiger partial charge in [0.05, 0.1) is 16.5 Å². The topological polar surface area (TPSA) is 98.5 Å². The molecule has 1 aliphatic rings. The van der Waals surface area contributed by atoms with E-state index in [1.54, 1.807) is 0 Å². The van der Waals surface area contributed by atoms with Crippen molar-refractivity contribution in [1.82, 2.24) is 4.31 Å². The molecule has 1 N–H and O–H groups in total. The predicted octanol–water partition coefficient (Wildman–Crippen LogP) is 1.59. The molecule has 112 valence electrons. The zero-order valence-electron chi connectivity index (χ0n) is 11.0. The van der Waals surface area contributed by atoms with E-state index in [1.165, 1.54) is 4.31 Å². The van der Waals surface area contributed by atoms with Crippen LogP contribution in [0.25, 0.3) is 0 Å². The molecular formula is C13H13FN2O4S. The average molecular weight is 312 g/mol. The van der Waals surface area contributed by atoms with Crippen molar-refractivity contribution in [2.24, 2.45) is 0 Å². The van der Waals surface area contributed by atoms with Crippen molar-refractivity contribution in [2.45, 2.75) is 30.2 Å². The van der Waals surface area contributed by atoms with Gasteiger partial charge in [0.25, 0.3) is 0 Å². The highest BCUT2D eigenvalue weighted by Crippen LogP contribution is 2.32. The fourth-order valence-corrected chi connectivity index (χ4v) is 3.70. The van der Waals surface area contributed by atoms with Crippen molar-refractivity contribution >= 4 is 16.0 Å². The van der Waals surface area contributed by atoms with E-state index in [4.69, 9.17) is 10.4 Å². The lowest BCUT2D eigenvalue weighted by molar-refractivity contribution is 0.0691. The van der Waals surface area contributed by atoms with Crippen molar-refractivity contribution in [2.75, 3.05) is 6.54 Å². The maximum absolute atomic E-state index is 13.4. The van der Waals surface area contributed by atoms with Gasteiger partial charge in [-0.25, -0.2) is 17.6 Å². The minimum Gasteiger partial charge on any atom is -0.478 e. The molecule has 0 radical (unpaired) electrons. The van der Waals surface area contributed by atoms with E-state index in [-0.39, 0.29) is 23.9 Å². The van der Waals surface area contributed by atoms with Gasteiger partial charge in [0, 0.05) is 19.0 Å². The summed E-state index contributed by atoms with van der Waals surface area (Å²) in [6.45, 7) is 0.0449. The summed E-state index contributed by atoms with van der Waals surface area (Å²) in [6.07, 6.45) is 1.46. The standard InChI is InChI=1S/C13H13FN2O4S/c14-12-5-4-10(8-11(12)13(17)18)21(19,20)16(7-1-6-15)9-2-3-9/h4-5,8-9H,1-3,7H2,(H,17,18). The summed E-state index contributed by atoms with van der Waals surface area (Å²) in [6, 6.07) is 4.40.